The molecule has 182 valence electrons. The van der Waals surface area contributed by atoms with E-state index in [1.165, 1.54) is 0 Å². The van der Waals surface area contributed by atoms with E-state index in [0.717, 1.165) is 63.5 Å². The number of hydrogen-bond acceptors (Lipinski definition) is 6. The van der Waals surface area contributed by atoms with Crippen molar-refractivity contribution in [2.24, 2.45) is 0 Å². The third-order valence-electron chi connectivity index (χ3n) is 6.59. The van der Waals surface area contributed by atoms with E-state index < -0.39 is 0 Å². The van der Waals surface area contributed by atoms with Crippen molar-refractivity contribution in [3.8, 4) is 16.9 Å². The van der Waals surface area contributed by atoms with Gasteiger partial charge in [0.15, 0.2) is 0 Å². The first kappa shape index (κ1) is 23.2. The van der Waals surface area contributed by atoms with Crippen molar-refractivity contribution in [1.29, 1.82) is 0 Å². The number of nitrogens with zero attached hydrogens (tertiary/aromatic N) is 3. The summed E-state index contributed by atoms with van der Waals surface area (Å²) in [5.41, 5.74) is 4.56. The molecule has 0 spiro atoms. The van der Waals surface area contributed by atoms with E-state index in [2.05, 4.69) is 15.3 Å². The van der Waals surface area contributed by atoms with E-state index in [0.29, 0.717) is 22.5 Å². The molecule has 5 aromatic rings. The zero-order valence-corrected chi connectivity index (χ0v) is 21.4. The predicted octanol–water partition coefficient (Wildman–Crippen LogP) is 5.81. The molecule has 1 saturated heterocycles. The second-order valence-corrected chi connectivity index (χ2v) is 10.7. The molecule has 3 aromatic heterocycles. The van der Waals surface area contributed by atoms with Crippen LogP contribution in [0.3, 0.4) is 0 Å². The lowest BCUT2D eigenvalue weighted by molar-refractivity contribution is 0.167. The number of para-hydroxylation sites is 1. The Morgan fingerprint density at radius 1 is 1.14 bits per heavy atom. The van der Waals surface area contributed by atoms with Gasteiger partial charge >= 0.3 is 0 Å². The van der Waals surface area contributed by atoms with Gasteiger partial charge in [-0.3, -0.25) is 14.3 Å². The maximum Gasteiger partial charge on any atom is 0.261 e. The molecule has 0 amide bonds. The molecule has 2 aromatic carbocycles. The molecule has 1 N–H and O–H groups in total. The van der Waals surface area contributed by atoms with Crippen LogP contribution in [0, 0.1) is 6.92 Å². The van der Waals surface area contributed by atoms with Gasteiger partial charge in [0.1, 0.15) is 11.9 Å². The number of halogens is 1. The van der Waals surface area contributed by atoms with Gasteiger partial charge in [-0.05, 0) is 68.3 Å². The molecule has 36 heavy (non-hydrogen) atoms. The van der Waals surface area contributed by atoms with Crippen molar-refractivity contribution in [3.05, 3.63) is 86.9 Å². The normalized spacial score (nSPS) is 16.0. The average molecular weight is 517 g/mol. The third-order valence-corrected chi connectivity index (χ3v) is 7.95. The summed E-state index contributed by atoms with van der Waals surface area (Å²) in [6.07, 6.45) is 5.69. The van der Waals surface area contributed by atoms with Crippen LogP contribution < -0.4 is 15.6 Å². The average Bonchev–Trinajstić information content (AvgIpc) is 3.31. The van der Waals surface area contributed by atoms with Gasteiger partial charge in [0.2, 0.25) is 0 Å². The van der Waals surface area contributed by atoms with Gasteiger partial charge in [-0.2, -0.15) is 0 Å². The van der Waals surface area contributed by atoms with Crippen LogP contribution in [0.1, 0.15) is 23.3 Å². The van der Waals surface area contributed by atoms with Crippen molar-refractivity contribution in [2.75, 3.05) is 13.1 Å². The smallest absolute Gasteiger partial charge is 0.261 e. The summed E-state index contributed by atoms with van der Waals surface area (Å²) >= 11 is 8.15. The zero-order valence-electron chi connectivity index (χ0n) is 19.8. The quantitative estimate of drug-likeness (QED) is 0.319. The van der Waals surface area contributed by atoms with Crippen LogP contribution in [0.25, 0.3) is 32.2 Å². The number of rotatable bonds is 5. The Kier molecular flexibility index (Phi) is 6.21. The summed E-state index contributed by atoms with van der Waals surface area (Å²) in [5.74, 6) is 0.866. The Bertz CT molecular complexity index is 1640. The van der Waals surface area contributed by atoms with E-state index in [4.69, 9.17) is 16.3 Å². The highest BCUT2D eigenvalue weighted by Crippen LogP contribution is 2.42. The lowest BCUT2D eigenvalue weighted by atomic mass is 10.0. The summed E-state index contributed by atoms with van der Waals surface area (Å²) in [6.45, 7) is 4.34. The van der Waals surface area contributed by atoms with E-state index in [1.807, 2.05) is 61.7 Å². The summed E-state index contributed by atoms with van der Waals surface area (Å²) in [7, 11) is 0. The molecule has 0 saturated carbocycles. The standard InChI is InChI=1S/C28H25ClN4O2S/c1-17-11-18(29)12-23(26(17)35-19-5-4-9-30-14-19)21-8-10-31-25-13-20(36-27(21)25)15-33-16-32-24-7-3-2-6-22(24)28(33)34/h2-3,6-8,10-13,16,19,30H,4-5,9,14-15H2,1H3/t19-/m0/s1. The summed E-state index contributed by atoms with van der Waals surface area (Å²) in [4.78, 5) is 23.1. The van der Waals surface area contributed by atoms with E-state index in [-0.39, 0.29) is 11.7 Å². The van der Waals surface area contributed by atoms with Crippen LogP contribution in [-0.4, -0.2) is 33.7 Å². The minimum atomic E-state index is -0.0477. The second-order valence-electron chi connectivity index (χ2n) is 9.17. The van der Waals surface area contributed by atoms with Crippen LogP contribution in [0.5, 0.6) is 5.75 Å². The number of hydrogen-bond donors (Lipinski definition) is 1. The number of thiophene rings is 1. The number of aromatic nitrogens is 3. The van der Waals surface area contributed by atoms with Gasteiger partial charge < -0.3 is 10.1 Å². The number of benzene rings is 2. The molecular formula is C28H25ClN4O2S. The van der Waals surface area contributed by atoms with Crippen molar-refractivity contribution >= 4 is 44.1 Å². The van der Waals surface area contributed by atoms with Crippen LogP contribution in [0.4, 0.5) is 0 Å². The van der Waals surface area contributed by atoms with Crippen LogP contribution in [0.2, 0.25) is 5.02 Å². The molecule has 6 rings (SSSR count). The zero-order chi connectivity index (χ0) is 24.6. The number of pyridine rings is 1. The van der Waals surface area contributed by atoms with Gasteiger partial charge in [-0.15, -0.1) is 11.3 Å². The monoisotopic (exact) mass is 516 g/mol. The van der Waals surface area contributed by atoms with Crippen LogP contribution in [-0.2, 0) is 6.54 Å². The van der Waals surface area contributed by atoms with Crippen LogP contribution >= 0.6 is 22.9 Å². The molecular weight excluding hydrogens is 492 g/mol. The van der Waals surface area contributed by atoms with Crippen molar-refractivity contribution in [2.45, 2.75) is 32.4 Å². The molecule has 0 aliphatic carbocycles. The lowest BCUT2D eigenvalue weighted by Gasteiger charge is -2.26. The fourth-order valence-corrected chi connectivity index (χ4v) is 6.25. The second kappa shape index (κ2) is 9.65. The first-order valence-corrected chi connectivity index (χ1v) is 13.3. The Morgan fingerprint density at radius 2 is 2.03 bits per heavy atom. The van der Waals surface area contributed by atoms with Gasteiger partial charge in [-0.1, -0.05) is 23.7 Å². The molecule has 0 unspecified atom stereocenters. The molecule has 1 atom stereocenters. The highest BCUT2D eigenvalue weighted by atomic mass is 35.5. The minimum Gasteiger partial charge on any atom is -0.488 e. The fraction of sp³-hybridized carbons (Fsp3) is 0.250. The Hall–Kier alpha value is -3.26. The molecule has 0 bridgehead atoms. The molecule has 8 heteroatoms. The van der Waals surface area contributed by atoms with Crippen molar-refractivity contribution in [3.63, 3.8) is 0 Å². The summed E-state index contributed by atoms with van der Waals surface area (Å²) in [5, 5.41) is 4.72. The van der Waals surface area contributed by atoms with Crippen molar-refractivity contribution < 1.29 is 4.74 Å². The summed E-state index contributed by atoms with van der Waals surface area (Å²) in [6, 6.07) is 15.4. The highest BCUT2D eigenvalue weighted by Gasteiger charge is 2.21. The highest BCUT2D eigenvalue weighted by molar-refractivity contribution is 7.19. The molecule has 1 aliphatic heterocycles. The van der Waals surface area contributed by atoms with E-state index >= 15 is 0 Å². The maximum atomic E-state index is 13.0. The largest absolute Gasteiger partial charge is 0.488 e. The number of ether oxygens (including phenoxy) is 1. The van der Waals surface area contributed by atoms with E-state index in [9.17, 15) is 4.79 Å². The molecule has 1 aliphatic rings. The first-order chi connectivity index (χ1) is 17.6. The molecule has 0 radical (unpaired) electrons. The third kappa shape index (κ3) is 4.39. The van der Waals surface area contributed by atoms with E-state index in [1.54, 1.807) is 22.2 Å². The first-order valence-electron chi connectivity index (χ1n) is 12.1. The molecule has 4 heterocycles. The lowest BCUT2D eigenvalue weighted by Crippen LogP contribution is -2.37. The maximum absolute atomic E-state index is 13.0. The number of fused-ring (bicyclic) bond motifs is 2. The number of aryl methyl sites for hydroxylation is 1. The summed E-state index contributed by atoms with van der Waals surface area (Å²) < 4.78 is 9.24. The van der Waals surface area contributed by atoms with Crippen LogP contribution in [0.15, 0.2) is 65.8 Å². The number of nitrogens with one attached hydrogen (secondary N) is 1. The molecule has 6 nitrogen and oxygen atoms in total. The fourth-order valence-electron chi connectivity index (χ4n) is 4.84. The van der Waals surface area contributed by atoms with Crippen molar-refractivity contribution in [1.82, 2.24) is 19.9 Å². The van der Waals surface area contributed by atoms with Gasteiger partial charge in [0, 0.05) is 33.8 Å². The SMILES string of the molecule is Cc1cc(Cl)cc(-c2ccnc3cc(Cn4cnc5ccccc5c4=O)sc23)c1O[C@H]1CCCNC1. The minimum absolute atomic E-state index is 0.0477. The topological polar surface area (TPSA) is 69.0 Å². The van der Waals surface area contributed by atoms with Gasteiger partial charge in [-0.25, -0.2) is 4.98 Å². The predicted molar refractivity (Wildman–Crippen MR) is 146 cm³/mol. The molecule has 1 fully saturated rings. The van der Waals surface area contributed by atoms with Gasteiger partial charge in [0.25, 0.3) is 5.56 Å². The Balaban J connectivity index is 1.41. The number of piperidine rings is 1. The Labute approximate surface area is 217 Å². The van der Waals surface area contributed by atoms with Gasteiger partial charge in [0.05, 0.1) is 34.0 Å². The Morgan fingerprint density at radius 3 is 2.89 bits per heavy atom.